The Balaban J connectivity index is 1.84. The van der Waals surface area contributed by atoms with Gasteiger partial charge in [-0.25, -0.2) is 0 Å². The summed E-state index contributed by atoms with van der Waals surface area (Å²) in [5, 5.41) is 2.68. The number of nitrogens with one attached hydrogen (secondary N) is 1. The highest BCUT2D eigenvalue weighted by atomic mass is 16.2. The summed E-state index contributed by atoms with van der Waals surface area (Å²) in [6.07, 6.45) is 3.16. The van der Waals surface area contributed by atoms with Gasteiger partial charge in [0, 0.05) is 57.3 Å². The molecular weight excluding hydrogens is 404 g/mol. The number of aryl methyl sites for hydroxylation is 2. The Morgan fingerprint density at radius 3 is 2.31 bits per heavy atom. The molecule has 1 fully saturated rings. The third-order valence-electron chi connectivity index (χ3n) is 5.74. The maximum absolute atomic E-state index is 13.3. The van der Waals surface area contributed by atoms with Gasteiger partial charge in [0.15, 0.2) is 0 Å². The number of benzene rings is 1. The lowest BCUT2D eigenvalue weighted by molar-refractivity contribution is 0.0744. The molecule has 0 radical (unpaired) electrons. The molecule has 7 heteroatoms. The molecule has 3 rings (SSSR count). The predicted octanol–water partition coefficient (Wildman–Crippen LogP) is 2.83. The molecule has 1 saturated heterocycles. The SMILES string of the molecule is CCNC(=O)c1cn(CC(C)C)cc(C(=O)N2CCN(c3cc(C)ccc3C)CC2)c1=O. The smallest absolute Gasteiger partial charge is 0.259 e. The second kappa shape index (κ2) is 10.0. The number of carbonyl (C=O) groups excluding carboxylic acids is 2. The van der Waals surface area contributed by atoms with Gasteiger partial charge in [-0.05, 0) is 43.9 Å². The van der Waals surface area contributed by atoms with E-state index in [4.69, 9.17) is 0 Å². The Kier molecular flexibility index (Phi) is 7.38. The quantitative estimate of drug-likeness (QED) is 0.753. The molecule has 0 saturated carbocycles. The van der Waals surface area contributed by atoms with Gasteiger partial charge in [-0.2, -0.15) is 0 Å². The standard InChI is InChI=1S/C25H34N4O3/c1-6-26-24(31)20-15-27(14-17(2)3)16-21(23(20)30)25(32)29-11-9-28(10-12-29)22-13-18(4)7-8-19(22)5/h7-8,13,15-17H,6,9-12,14H2,1-5H3,(H,26,31). The molecule has 1 aliphatic rings. The van der Waals surface area contributed by atoms with Crippen molar-refractivity contribution in [2.24, 2.45) is 5.92 Å². The molecule has 0 bridgehead atoms. The van der Waals surface area contributed by atoms with Gasteiger partial charge in [0.25, 0.3) is 11.8 Å². The van der Waals surface area contributed by atoms with E-state index in [0.717, 1.165) is 0 Å². The lowest BCUT2D eigenvalue weighted by Crippen LogP contribution is -2.50. The largest absolute Gasteiger partial charge is 0.368 e. The van der Waals surface area contributed by atoms with Crippen LogP contribution in [0.1, 0.15) is 52.6 Å². The van der Waals surface area contributed by atoms with Crippen LogP contribution >= 0.6 is 0 Å². The van der Waals surface area contributed by atoms with E-state index in [1.165, 1.54) is 16.8 Å². The van der Waals surface area contributed by atoms with E-state index < -0.39 is 11.3 Å². The topological polar surface area (TPSA) is 74.7 Å². The Labute approximate surface area is 190 Å². The highest BCUT2D eigenvalue weighted by Crippen LogP contribution is 2.23. The molecule has 1 aliphatic heterocycles. The van der Waals surface area contributed by atoms with Crippen LogP contribution in [0.25, 0.3) is 0 Å². The summed E-state index contributed by atoms with van der Waals surface area (Å²) in [6.45, 7) is 13.6. The maximum Gasteiger partial charge on any atom is 0.259 e. The molecule has 2 amide bonds. The summed E-state index contributed by atoms with van der Waals surface area (Å²) in [5.74, 6) is -0.438. The zero-order valence-corrected chi connectivity index (χ0v) is 19.8. The van der Waals surface area contributed by atoms with Gasteiger partial charge in [0.1, 0.15) is 11.1 Å². The van der Waals surface area contributed by atoms with E-state index in [0.29, 0.717) is 45.2 Å². The van der Waals surface area contributed by atoms with E-state index in [1.807, 2.05) is 0 Å². The second-order valence-electron chi connectivity index (χ2n) is 8.93. The van der Waals surface area contributed by atoms with Crippen molar-refractivity contribution in [3.63, 3.8) is 0 Å². The third-order valence-corrected chi connectivity index (χ3v) is 5.74. The number of amides is 2. The minimum absolute atomic E-state index is 0.0207. The van der Waals surface area contributed by atoms with Crippen LogP contribution in [-0.2, 0) is 6.54 Å². The van der Waals surface area contributed by atoms with E-state index in [2.05, 4.69) is 56.1 Å². The fourth-order valence-corrected chi connectivity index (χ4v) is 4.11. The Morgan fingerprint density at radius 1 is 1.03 bits per heavy atom. The van der Waals surface area contributed by atoms with Crippen molar-refractivity contribution in [2.45, 2.75) is 41.2 Å². The normalized spacial score (nSPS) is 14.1. The van der Waals surface area contributed by atoms with Crippen LogP contribution in [-0.4, -0.2) is 54.0 Å². The Morgan fingerprint density at radius 2 is 1.69 bits per heavy atom. The fraction of sp³-hybridized carbons (Fsp3) is 0.480. The lowest BCUT2D eigenvalue weighted by atomic mass is 10.1. The highest BCUT2D eigenvalue weighted by molar-refractivity contribution is 5.99. The first-order valence-corrected chi connectivity index (χ1v) is 11.3. The summed E-state index contributed by atoms with van der Waals surface area (Å²) >= 11 is 0. The monoisotopic (exact) mass is 438 g/mol. The zero-order chi connectivity index (χ0) is 23.4. The summed E-state index contributed by atoms with van der Waals surface area (Å²) < 4.78 is 1.79. The number of anilines is 1. The van der Waals surface area contributed by atoms with Crippen LogP contribution in [0, 0.1) is 19.8 Å². The van der Waals surface area contributed by atoms with Crippen molar-refractivity contribution < 1.29 is 9.59 Å². The van der Waals surface area contributed by atoms with Crippen LogP contribution in [0.15, 0.2) is 35.4 Å². The van der Waals surface area contributed by atoms with Crippen molar-refractivity contribution in [3.8, 4) is 0 Å². The van der Waals surface area contributed by atoms with Crippen molar-refractivity contribution in [1.82, 2.24) is 14.8 Å². The van der Waals surface area contributed by atoms with Gasteiger partial charge >= 0.3 is 0 Å². The van der Waals surface area contributed by atoms with Crippen molar-refractivity contribution in [1.29, 1.82) is 0 Å². The molecule has 0 unspecified atom stereocenters. The van der Waals surface area contributed by atoms with Crippen molar-refractivity contribution >= 4 is 17.5 Å². The summed E-state index contributed by atoms with van der Waals surface area (Å²) in [6, 6.07) is 6.39. The third kappa shape index (κ3) is 5.21. The number of piperazine rings is 1. The predicted molar refractivity (Wildman–Crippen MR) is 128 cm³/mol. The fourth-order valence-electron chi connectivity index (χ4n) is 4.11. The molecule has 1 aromatic heterocycles. The zero-order valence-electron chi connectivity index (χ0n) is 19.8. The van der Waals surface area contributed by atoms with Gasteiger partial charge < -0.3 is 19.7 Å². The van der Waals surface area contributed by atoms with E-state index >= 15 is 0 Å². The van der Waals surface area contributed by atoms with Crippen molar-refractivity contribution in [2.75, 3.05) is 37.6 Å². The summed E-state index contributed by atoms with van der Waals surface area (Å²) in [5.41, 5.74) is 3.19. The molecule has 0 aliphatic carbocycles. The molecule has 1 N–H and O–H groups in total. The molecule has 0 spiro atoms. The first-order valence-electron chi connectivity index (χ1n) is 11.3. The van der Waals surface area contributed by atoms with Gasteiger partial charge in [0.05, 0.1) is 0 Å². The van der Waals surface area contributed by atoms with Gasteiger partial charge in [-0.15, -0.1) is 0 Å². The lowest BCUT2D eigenvalue weighted by Gasteiger charge is -2.37. The number of nitrogens with zero attached hydrogens (tertiary/aromatic N) is 3. The first-order chi connectivity index (χ1) is 15.2. The molecule has 32 heavy (non-hydrogen) atoms. The average molecular weight is 439 g/mol. The number of carbonyl (C=O) groups is 2. The Hall–Kier alpha value is -3.09. The molecule has 1 aromatic carbocycles. The van der Waals surface area contributed by atoms with E-state index in [1.54, 1.807) is 28.8 Å². The number of aromatic nitrogens is 1. The van der Waals surface area contributed by atoms with E-state index in [-0.39, 0.29) is 17.0 Å². The van der Waals surface area contributed by atoms with Gasteiger partial charge in [-0.1, -0.05) is 26.0 Å². The minimum Gasteiger partial charge on any atom is -0.368 e. The molecule has 172 valence electrons. The van der Waals surface area contributed by atoms with Crippen LogP contribution in [0.2, 0.25) is 0 Å². The summed E-state index contributed by atoms with van der Waals surface area (Å²) in [7, 11) is 0. The van der Waals surface area contributed by atoms with Crippen LogP contribution in [0.4, 0.5) is 5.69 Å². The summed E-state index contributed by atoms with van der Waals surface area (Å²) in [4.78, 5) is 42.8. The second-order valence-corrected chi connectivity index (χ2v) is 8.93. The molecule has 2 heterocycles. The minimum atomic E-state index is -0.502. The molecule has 7 nitrogen and oxygen atoms in total. The average Bonchev–Trinajstić information content (AvgIpc) is 2.76. The van der Waals surface area contributed by atoms with E-state index in [9.17, 15) is 14.4 Å². The number of pyridine rings is 1. The number of rotatable bonds is 6. The maximum atomic E-state index is 13.3. The van der Waals surface area contributed by atoms with Crippen LogP contribution < -0.4 is 15.6 Å². The van der Waals surface area contributed by atoms with Crippen LogP contribution in [0.5, 0.6) is 0 Å². The van der Waals surface area contributed by atoms with Gasteiger partial charge in [0.2, 0.25) is 5.43 Å². The first kappa shape index (κ1) is 23.6. The number of hydrogen-bond donors (Lipinski definition) is 1. The molecule has 0 atom stereocenters. The van der Waals surface area contributed by atoms with Crippen molar-refractivity contribution in [3.05, 3.63) is 63.1 Å². The Bertz CT molecular complexity index is 1050. The number of hydrogen-bond acceptors (Lipinski definition) is 4. The molecule has 2 aromatic rings. The molecular formula is C25H34N4O3. The van der Waals surface area contributed by atoms with Crippen LogP contribution in [0.3, 0.4) is 0 Å². The highest BCUT2D eigenvalue weighted by Gasteiger charge is 2.27. The van der Waals surface area contributed by atoms with Gasteiger partial charge in [-0.3, -0.25) is 14.4 Å².